The minimum Gasteiger partial charge on any atom is -0.391 e. The van der Waals surface area contributed by atoms with E-state index in [1.54, 1.807) is 12.1 Å². The molecule has 1 aromatic heterocycles. The third-order valence-electron chi connectivity index (χ3n) is 5.18. The molecule has 1 atom stereocenters. The standard InChI is InChI=1S/C21H19F3N2O3S.ClH/c22-21(23,24)15-5-2-7-17(11-15)30(28,29)18-10-14-4-1-8-19(20(14)25-12-18)26-9-3-6-16(27)13-26;/h1-2,4-5,7-8,10-12,16,27H,3,6,9,13H2;1H/t16-;/m0./s1. The Morgan fingerprint density at radius 1 is 1.06 bits per heavy atom. The Hall–Kier alpha value is -2.36. The van der Waals surface area contributed by atoms with E-state index in [0.29, 0.717) is 23.5 Å². The number of piperidine rings is 1. The van der Waals surface area contributed by atoms with Gasteiger partial charge in [0.15, 0.2) is 0 Å². The van der Waals surface area contributed by atoms with E-state index in [2.05, 4.69) is 4.98 Å². The molecule has 0 unspecified atom stereocenters. The van der Waals surface area contributed by atoms with Gasteiger partial charge in [0.25, 0.3) is 0 Å². The molecule has 3 aromatic rings. The average molecular weight is 473 g/mol. The van der Waals surface area contributed by atoms with Gasteiger partial charge in [0.2, 0.25) is 9.84 Å². The van der Waals surface area contributed by atoms with Crippen molar-refractivity contribution in [2.24, 2.45) is 0 Å². The van der Waals surface area contributed by atoms with Crippen molar-refractivity contribution in [2.75, 3.05) is 18.0 Å². The molecule has 1 fully saturated rings. The Kier molecular flexibility index (Phi) is 6.50. The van der Waals surface area contributed by atoms with Gasteiger partial charge in [0, 0.05) is 24.7 Å². The lowest BCUT2D eigenvalue weighted by Crippen LogP contribution is -2.38. The quantitative estimate of drug-likeness (QED) is 0.609. The monoisotopic (exact) mass is 472 g/mol. The van der Waals surface area contributed by atoms with Gasteiger partial charge >= 0.3 is 6.18 Å². The zero-order valence-electron chi connectivity index (χ0n) is 16.2. The van der Waals surface area contributed by atoms with Crippen LogP contribution in [0.15, 0.2) is 64.5 Å². The first-order chi connectivity index (χ1) is 14.2. The van der Waals surface area contributed by atoms with Gasteiger partial charge in [0.1, 0.15) is 0 Å². The number of para-hydroxylation sites is 1. The molecule has 0 spiro atoms. The summed E-state index contributed by atoms with van der Waals surface area (Å²) in [5.74, 6) is 0. The minimum absolute atomic E-state index is 0. The van der Waals surface area contributed by atoms with Gasteiger partial charge in [-0.15, -0.1) is 12.4 Å². The number of rotatable bonds is 3. The number of hydrogen-bond donors (Lipinski definition) is 1. The first kappa shape index (κ1) is 23.3. The summed E-state index contributed by atoms with van der Waals surface area (Å²) in [7, 11) is -4.18. The molecule has 1 aliphatic rings. The van der Waals surface area contributed by atoms with Crippen LogP contribution in [0, 0.1) is 0 Å². The van der Waals surface area contributed by atoms with Crippen molar-refractivity contribution in [1.29, 1.82) is 0 Å². The van der Waals surface area contributed by atoms with Crippen molar-refractivity contribution in [3.63, 3.8) is 0 Å². The molecule has 0 bridgehead atoms. The molecule has 0 aliphatic carbocycles. The smallest absolute Gasteiger partial charge is 0.391 e. The molecule has 1 aliphatic heterocycles. The third-order valence-corrected chi connectivity index (χ3v) is 6.90. The lowest BCUT2D eigenvalue weighted by atomic mass is 10.1. The highest BCUT2D eigenvalue weighted by atomic mass is 35.5. The van der Waals surface area contributed by atoms with Gasteiger partial charge < -0.3 is 10.0 Å². The molecule has 2 aromatic carbocycles. The fraction of sp³-hybridized carbons (Fsp3) is 0.286. The second-order valence-electron chi connectivity index (χ2n) is 7.29. The summed E-state index contributed by atoms with van der Waals surface area (Å²) in [6.07, 6.45) is -2.34. The van der Waals surface area contributed by atoms with E-state index in [9.17, 15) is 26.7 Å². The number of aromatic nitrogens is 1. The number of aliphatic hydroxyl groups excluding tert-OH is 1. The molecule has 2 heterocycles. The molecule has 166 valence electrons. The number of pyridine rings is 1. The maximum Gasteiger partial charge on any atom is 0.416 e. The average Bonchev–Trinajstić information content (AvgIpc) is 2.72. The molecule has 0 radical (unpaired) electrons. The van der Waals surface area contributed by atoms with Crippen molar-refractivity contribution < 1.29 is 26.7 Å². The fourth-order valence-electron chi connectivity index (χ4n) is 3.68. The van der Waals surface area contributed by atoms with Gasteiger partial charge in [-0.05, 0) is 43.2 Å². The van der Waals surface area contributed by atoms with Crippen LogP contribution >= 0.6 is 12.4 Å². The number of sulfone groups is 1. The highest BCUT2D eigenvalue weighted by Gasteiger charge is 2.32. The van der Waals surface area contributed by atoms with Crippen LogP contribution in [0.3, 0.4) is 0 Å². The van der Waals surface area contributed by atoms with Gasteiger partial charge in [-0.25, -0.2) is 8.42 Å². The number of benzene rings is 2. The number of hydrogen-bond acceptors (Lipinski definition) is 5. The normalized spacial score (nSPS) is 17.4. The van der Waals surface area contributed by atoms with Crippen molar-refractivity contribution in [2.45, 2.75) is 34.9 Å². The van der Waals surface area contributed by atoms with Crippen LogP contribution in [0.5, 0.6) is 0 Å². The summed E-state index contributed by atoms with van der Waals surface area (Å²) in [6, 6.07) is 10.4. The largest absolute Gasteiger partial charge is 0.416 e. The Labute approximate surface area is 183 Å². The molecular weight excluding hydrogens is 453 g/mol. The van der Waals surface area contributed by atoms with E-state index >= 15 is 0 Å². The number of nitrogens with zero attached hydrogens (tertiary/aromatic N) is 2. The second-order valence-corrected chi connectivity index (χ2v) is 9.24. The summed E-state index contributed by atoms with van der Waals surface area (Å²) in [4.78, 5) is 5.71. The van der Waals surface area contributed by atoms with Gasteiger partial charge in [-0.1, -0.05) is 18.2 Å². The Morgan fingerprint density at radius 2 is 1.81 bits per heavy atom. The number of aliphatic hydroxyl groups is 1. The fourth-order valence-corrected chi connectivity index (χ4v) is 4.96. The molecule has 4 rings (SSSR count). The van der Waals surface area contributed by atoms with Crippen molar-refractivity contribution in [1.82, 2.24) is 4.98 Å². The highest BCUT2D eigenvalue weighted by molar-refractivity contribution is 7.91. The predicted molar refractivity (Wildman–Crippen MR) is 113 cm³/mol. The molecular formula is C21H20ClF3N2O3S. The summed E-state index contributed by atoms with van der Waals surface area (Å²) in [5, 5.41) is 10.5. The van der Waals surface area contributed by atoms with E-state index in [1.807, 2.05) is 11.0 Å². The van der Waals surface area contributed by atoms with Gasteiger partial charge in [0.05, 0.1) is 32.7 Å². The molecule has 0 saturated carbocycles. The topological polar surface area (TPSA) is 70.5 Å². The molecule has 31 heavy (non-hydrogen) atoms. The Balaban J connectivity index is 0.00000272. The Bertz CT molecular complexity index is 1200. The summed E-state index contributed by atoms with van der Waals surface area (Å²) < 4.78 is 64.8. The van der Waals surface area contributed by atoms with E-state index in [0.717, 1.165) is 43.3 Å². The second kappa shape index (κ2) is 8.64. The van der Waals surface area contributed by atoms with Crippen LogP contribution in [0.4, 0.5) is 18.9 Å². The van der Waals surface area contributed by atoms with Crippen LogP contribution in [0.2, 0.25) is 0 Å². The molecule has 1 saturated heterocycles. The van der Waals surface area contributed by atoms with E-state index in [1.165, 1.54) is 12.3 Å². The summed E-state index contributed by atoms with van der Waals surface area (Å²) in [5.41, 5.74) is 0.340. The zero-order valence-corrected chi connectivity index (χ0v) is 17.8. The van der Waals surface area contributed by atoms with Gasteiger partial charge in [-0.3, -0.25) is 4.98 Å². The predicted octanol–water partition coefficient (Wildman–Crippen LogP) is 4.47. The van der Waals surface area contributed by atoms with Crippen molar-refractivity contribution >= 4 is 38.8 Å². The van der Waals surface area contributed by atoms with Crippen molar-refractivity contribution in [3.8, 4) is 0 Å². The number of fused-ring (bicyclic) bond motifs is 1. The maximum absolute atomic E-state index is 13.0. The number of alkyl halides is 3. The maximum atomic E-state index is 13.0. The molecule has 5 nitrogen and oxygen atoms in total. The molecule has 1 N–H and O–H groups in total. The van der Waals surface area contributed by atoms with Gasteiger partial charge in [-0.2, -0.15) is 13.2 Å². The van der Waals surface area contributed by atoms with Crippen LogP contribution in [0.1, 0.15) is 18.4 Å². The summed E-state index contributed by atoms with van der Waals surface area (Å²) in [6.45, 7) is 1.22. The first-order valence-corrected chi connectivity index (χ1v) is 10.9. The van der Waals surface area contributed by atoms with Crippen LogP contribution in [-0.2, 0) is 16.0 Å². The number of β-amino-alcohol motifs (C(OH)–C–C–N with tert-alkyl or cyclic N) is 1. The van der Waals surface area contributed by atoms with Crippen LogP contribution in [-0.4, -0.2) is 37.7 Å². The number of anilines is 1. The van der Waals surface area contributed by atoms with E-state index in [-0.39, 0.29) is 17.3 Å². The minimum atomic E-state index is -4.64. The van der Waals surface area contributed by atoms with Crippen LogP contribution in [0.25, 0.3) is 10.9 Å². The lowest BCUT2D eigenvalue weighted by Gasteiger charge is -2.32. The summed E-state index contributed by atoms with van der Waals surface area (Å²) >= 11 is 0. The van der Waals surface area contributed by atoms with E-state index < -0.39 is 32.6 Å². The first-order valence-electron chi connectivity index (χ1n) is 9.40. The van der Waals surface area contributed by atoms with E-state index in [4.69, 9.17) is 0 Å². The SMILES string of the molecule is Cl.O=S(=O)(c1cccc(C(F)(F)F)c1)c1cnc2c(N3CCC[C@H](O)C3)cccc2c1. The third kappa shape index (κ3) is 4.63. The lowest BCUT2D eigenvalue weighted by molar-refractivity contribution is -0.137. The van der Waals surface area contributed by atoms with Crippen LogP contribution < -0.4 is 4.90 Å². The van der Waals surface area contributed by atoms with Crippen molar-refractivity contribution in [3.05, 3.63) is 60.3 Å². The molecule has 10 heteroatoms. The zero-order chi connectivity index (χ0) is 21.5. The molecule has 0 amide bonds. The highest BCUT2D eigenvalue weighted by Crippen LogP contribution is 2.33. The number of halogens is 4. The Morgan fingerprint density at radius 3 is 2.52 bits per heavy atom.